The third-order valence-electron chi connectivity index (χ3n) is 5.14. The van der Waals surface area contributed by atoms with Crippen LogP contribution in [0.25, 0.3) is 22.5 Å². The molecule has 30 heavy (non-hydrogen) atoms. The van der Waals surface area contributed by atoms with Gasteiger partial charge in [-0.25, -0.2) is 14.8 Å². The van der Waals surface area contributed by atoms with Crippen molar-refractivity contribution >= 4 is 34.6 Å². The number of carbonyl (C=O) groups excluding carboxylic acids is 2. The van der Waals surface area contributed by atoms with Gasteiger partial charge in [0.2, 0.25) is 5.91 Å². The highest BCUT2D eigenvalue weighted by Gasteiger charge is 2.22. The van der Waals surface area contributed by atoms with E-state index in [9.17, 15) is 9.59 Å². The molecule has 1 unspecified atom stereocenters. The van der Waals surface area contributed by atoms with Crippen LogP contribution in [0.1, 0.15) is 39.0 Å². The Kier molecular flexibility index (Phi) is 6.32. The molecule has 2 heterocycles. The van der Waals surface area contributed by atoms with E-state index in [1.165, 1.54) is 18.2 Å². The maximum atomic E-state index is 12.6. The highest BCUT2D eigenvalue weighted by atomic mass is 32.2. The Hall–Kier alpha value is -2.87. The number of urea groups is 1. The van der Waals surface area contributed by atoms with E-state index in [1.54, 1.807) is 25.3 Å². The Bertz CT molecular complexity index is 1030. The van der Waals surface area contributed by atoms with E-state index < -0.39 is 11.3 Å². The number of nitrogens with zero attached hydrogens (tertiary/aromatic N) is 2. The van der Waals surface area contributed by atoms with E-state index >= 15 is 0 Å². The van der Waals surface area contributed by atoms with Gasteiger partial charge in [-0.1, -0.05) is 49.2 Å². The normalized spacial score (nSPS) is 15.6. The number of aromatic nitrogens is 2. The van der Waals surface area contributed by atoms with E-state index in [0.29, 0.717) is 16.6 Å². The first-order chi connectivity index (χ1) is 14.6. The summed E-state index contributed by atoms with van der Waals surface area (Å²) in [6, 6.07) is 10.9. The minimum absolute atomic E-state index is 0.149. The van der Waals surface area contributed by atoms with Crippen LogP contribution in [0.4, 0.5) is 4.79 Å². The fourth-order valence-corrected chi connectivity index (χ4v) is 4.50. The van der Waals surface area contributed by atoms with E-state index in [2.05, 4.69) is 20.6 Å². The molecule has 1 fully saturated rings. The molecule has 156 valence electrons. The van der Waals surface area contributed by atoms with Crippen LogP contribution in [0, 0.1) is 0 Å². The Morgan fingerprint density at radius 1 is 1.10 bits per heavy atom. The van der Waals surface area contributed by atoms with Gasteiger partial charge in [-0.15, -0.1) is 0 Å². The van der Waals surface area contributed by atoms with Crippen LogP contribution in [0.2, 0.25) is 0 Å². The quantitative estimate of drug-likeness (QED) is 0.461. The second-order valence-corrected chi connectivity index (χ2v) is 8.73. The summed E-state index contributed by atoms with van der Waals surface area (Å²) in [5.74, 6) is 0.672. The Balaban J connectivity index is 1.47. The molecule has 4 rings (SSSR count). The molecule has 0 bridgehead atoms. The first-order valence-electron chi connectivity index (χ1n) is 10.2. The second-order valence-electron chi connectivity index (χ2n) is 7.40. The van der Waals surface area contributed by atoms with Crippen LogP contribution in [0.5, 0.6) is 0 Å². The number of amides is 3. The molecule has 1 atom stereocenters. The van der Waals surface area contributed by atoms with Gasteiger partial charge in [-0.2, -0.15) is 0 Å². The molecule has 8 heteroatoms. The minimum atomic E-state index is -0.509. The molecule has 1 aliphatic carbocycles. The summed E-state index contributed by atoms with van der Waals surface area (Å²) in [7, 11) is 0. The third-order valence-corrected chi connectivity index (χ3v) is 6.25. The van der Waals surface area contributed by atoms with Gasteiger partial charge >= 0.3 is 6.03 Å². The van der Waals surface area contributed by atoms with Gasteiger partial charge in [-0.05, 0) is 38.0 Å². The molecule has 0 radical (unpaired) electrons. The van der Waals surface area contributed by atoms with E-state index in [1.807, 2.05) is 24.3 Å². The molecule has 7 nitrogen and oxygen atoms in total. The fraction of sp³-hybridized carbons (Fsp3) is 0.364. The van der Waals surface area contributed by atoms with Crippen molar-refractivity contribution in [2.24, 2.45) is 0 Å². The number of imide groups is 1. The van der Waals surface area contributed by atoms with Crippen molar-refractivity contribution in [3.8, 4) is 11.6 Å². The van der Waals surface area contributed by atoms with Gasteiger partial charge in [0.25, 0.3) is 0 Å². The van der Waals surface area contributed by atoms with Crippen LogP contribution >= 0.6 is 11.8 Å². The molecule has 1 saturated carbocycles. The maximum absolute atomic E-state index is 12.6. The topological polar surface area (TPSA) is 97.1 Å². The van der Waals surface area contributed by atoms with Gasteiger partial charge in [0.1, 0.15) is 5.03 Å². The van der Waals surface area contributed by atoms with Crippen molar-refractivity contribution in [1.29, 1.82) is 0 Å². The fourth-order valence-electron chi connectivity index (χ4n) is 3.56. The second kappa shape index (κ2) is 9.30. The average molecular weight is 425 g/mol. The van der Waals surface area contributed by atoms with Crippen LogP contribution in [0.3, 0.4) is 0 Å². The molecular weight excluding hydrogens is 400 g/mol. The first kappa shape index (κ1) is 20.4. The van der Waals surface area contributed by atoms with Crippen LogP contribution < -0.4 is 10.6 Å². The summed E-state index contributed by atoms with van der Waals surface area (Å²) in [5.41, 5.74) is 0.768. The SMILES string of the molecule is CC(Sc1nc(-c2ccco2)nc2ccccc12)C(=O)NC(=O)NC1CCCCC1. The summed E-state index contributed by atoms with van der Waals surface area (Å²) in [6.07, 6.45) is 6.94. The smallest absolute Gasteiger partial charge is 0.321 e. The number of rotatable bonds is 5. The first-order valence-corrected chi connectivity index (χ1v) is 11.1. The minimum Gasteiger partial charge on any atom is -0.461 e. The summed E-state index contributed by atoms with van der Waals surface area (Å²) in [6.45, 7) is 1.76. The molecule has 0 aliphatic heterocycles. The largest absolute Gasteiger partial charge is 0.461 e. The molecule has 0 saturated heterocycles. The highest BCUT2D eigenvalue weighted by molar-refractivity contribution is 8.00. The molecule has 0 spiro atoms. The maximum Gasteiger partial charge on any atom is 0.321 e. The number of benzene rings is 1. The number of hydrogen-bond donors (Lipinski definition) is 2. The lowest BCUT2D eigenvalue weighted by molar-refractivity contribution is -0.119. The Morgan fingerprint density at radius 3 is 2.67 bits per heavy atom. The zero-order chi connectivity index (χ0) is 20.9. The lowest BCUT2D eigenvalue weighted by Crippen LogP contribution is -2.47. The highest BCUT2D eigenvalue weighted by Crippen LogP contribution is 2.31. The van der Waals surface area contributed by atoms with Crippen molar-refractivity contribution in [2.75, 3.05) is 0 Å². The summed E-state index contributed by atoms with van der Waals surface area (Å²) >= 11 is 1.30. The number of nitrogens with one attached hydrogen (secondary N) is 2. The van der Waals surface area contributed by atoms with E-state index in [4.69, 9.17) is 4.42 Å². The molecule has 1 aliphatic rings. The zero-order valence-corrected chi connectivity index (χ0v) is 17.6. The Morgan fingerprint density at radius 2 is 1.90 bits per heavy atom. The van der Waals surface area contributed by atoms with Gasteiger partial charge in [0, 0.05) is 11.4 Å². The third kappa shape index (κ3) is 4.81. The van der Waals surface area contributed by atoms with Crippen molar-refractivity contribution in [3.63, 3.8) is 0 Å². The number of fused-ring (bicyclic) bond motifs is 1. The number of para-hydroxylation sites is 1. The molecule has 3 amide bonds. The van der Waals surface area contributed by atoms with E-state index in [-0.39, 0.29) is 11.9 Å². The van der Waals surface area contributed by atoms with Gasteiger partial charge in [0.15, 0.2) is 11.6 Å². The van der Waals surface area contributed by atoms with Gasteiger partial charge in [0.05, 0.1) is 17.0 Å². The predicted molar refractivity (Wildman–Crippen MR) is 116 cm³/mol. The monoisotopic (exact) mass is 424 g/mol. The predicted octanol–water partition coefficient (Wildman–Crippen LogP) is 4.53. The van der Waals surface area contributed by atoms with Gasteiger partial charge < -0.3 is 9.73 Å². The van der Waals surface area contributed by atoms with Crippen LogP contribution in [-0.4, -0.2) is 33.2 Å². The standard InChI is InChI=1S/C22H24N4O3S/c1-14(20(27)26-22(28)23-15-8-3-2-4-9-15)30-21-16-10-5-6-11-17(16)24-19(25-21)18-12-7-13-29-18/h5-7,10-15H,2-4,8-9H2,1H3,(H2,23,26,27,28). The number of furan rings is 1. The number of hydrogen-bond acceptors (Lipinski definition) is 6. The van der Waals surface area contributed by atoms with Crippen LogP contribution in [-0.2, 0) is 4.79 Å². The lowest BCUT2D eigenvalue weighted by atomic mass is 9.96. The van der Waals surface area contributed by atoms with Crippen molar-refractivity contribution in [2.45, 2.75) is 55.3 Å². The molecule has 1 aromatic carbocycles. The van der Waals surface area contributed by atoms with Crippen molar-refractivity contribution in [3.05, 3.63) is 42.7 Å². The molecule has 3 aromatic rings. The lowest BCUT2D eigenvalue weighted by Gasteiger charge is -2.23. The number of thioether (sulfide) groups is 1. The van der Waals surface area contributed by atoms with Crippen LogP contribution in [0.15, 0.2) is 52.1 Å². The summed E-state index contributed by atoms with van der Waals surface area (Å²) in [5, 5.41) is 6.38. The number of carbonyl (C=O) groups is 2. The Labute approximate surface area is 179 Å². The molecule has 2 N–H and O–H groups in total. The van der Waals surface area contributed by atoms with Crippen molar-refractivity contribution < 1.29 is 14.0 Å². The summed E-state index contributed by atoms with van der Waals surface area (Å²) < 4.78 is 5.43. The van der Waals surface area contributed by atoms with Crippen molar-refractivity contribution in [1.82, 2.24) is 20.6 Å². The van der Waals surface area contributed by atoms with Gasteiger partial charge in [-0.3, -0.25) is 10.1 Å². The summed E-state index contributed by atoms with van der Waals surface area (Å²) in [4.78, 5) is 34.0. The molecular formula is C22H24N4O3S. The zero-order valence-electron chi connectivity index (χ0n) is 16.8. The van der Waals surface area contributed by atoms with E-state index in [0.717, 1.165) is 36.6 Å². The average Bonchev–Trinajstić information content (AvgIpc) is 3.29. The molecule has 2 aromatic heterocycles.